The number of carboxylic acid groups (broad SMARTS) is 1. The van der Waals surface area contributed by atoms with Gasteiger partial charge in [-0.05, 0) is 19.1 Å². The highest BCUT2D eigenvalue weighted by atomic mass is 16.5. The minimum Gasteiger partial charge on any atom is -0.481 e. The molecule has 0 spiro atoms. The molecule has 1 fully saturated rings. The van der Waals surface area contributed by atoms with Crippen LogP contribution in [0.1, 0.15) is 23.0 Å². The first-order valence-corrected chi connectivity index (χ1v) is 6.47. The zero-order valence-electron chi connectivity index (χ0n) is 11.8. The number of carbonyl (C=O) groups excluding carboxylic acids is 1. The largest absolute Gasteiger partial charge is 0.481 e. The van der Waals surface area contributed by atoms with E-state index in [2.05, 4.69) is 9.72 Å². The fraction of sp³-hybridized carbons (Fsp3) is 0.500. The van der Waals surface area contributed by atoms with Crippen molar-refractivity contribution in [2.75, 3.05) is 25.1 Å². The van der Waals surface area contributed by atoms with Crippen LogP contribution >= 0.6 is 0 Å². The number of anilines is 1. The van der Waals surface area contributed by atoms with E-state index in [4.69, 9.17) is 5.11 Å². The molecule has 1 N–H and O–H groups in total. The number of carbonyl (C=O) groups is 2. The van der Waals surface area contributed by atoms with Crippen LogP contribution in [0.25, 0.3) is 0 Å². The third-order valence-electron chi connectivity index (χ3n) is 3.81. The van der Waals surface area contributed by atoms with E-state index in [0.717, 1.165) is 5.82 Å². The van der Waals surface area contributed by atoms with Crippen LogP contribution < -0.4 is 4.90 Å². The van der Waals surface area contributed by atoms with Crippen molar-refractivity contribution in [2.24, 2.45) is 11.8 Å². The van der Waals surface area contributed by atoms with Crippen LogP contribution in [0.5, 0.6) is 0 Å². The lowest BCUT2D eigenvalue weighted by Crippen LogP contribution is -2.51. The summed E-state index contributed by atoms with van der Waals surface area (Å²) >= 11 is 0. The summed E-state index contributed by atoms with van der Waals surface area (Å²) in [7, 11) is 1.34. The highest BCUT2D eigenvalue weighted by Crippen LogP contribution is 2.28. The van der Waals surface area contributed by atoms with Gasteiger partial charge in [0.1, 0.15) is 5.82 Å². The summed E-state index contributed by atoms with van der Waals surface area (Å²) in [4.78, 5) is 28.8. The highest BCUT2D eigenvalue weighted by Gasteiger charge is 2.35. The maximum atomic E-state index is 11.5. The van der Waals surface area contributed by atoms with Crippen molar-refractivity contribution >= 4 is 17.8 Å². The summed E-state index contributed by atoms with van der Waals surface area (Å²) in [5.41, 5.74) is 1.07. The van der Waals surface area contributed by atoms with Crippen molar-refractivity contribution in [2.45, 2.75) is 13.8 Å². The lowest BCUT2D eigenvalue weighted by Gasteiger charge is -2.42. The number of nitrogens with zero attached hydrogens (tertiary/aromatic N) is 2. The minimum atomic E-state index is -0.764. The molecule has 0 radical (unpaired) electrons. The number of hydrogen-bond acceptors (Lipinski definition) is 5. The van der Waals surface area contributed by atoms with Gasteiger partial charge in [-0.25, -0.2) is 9.78 Å². The summed E-state index contributed by atoms with van der Waals surface area (Å²) in [6.07, 6.45) is 0. The molecule has 0 bridgehead atoms. The van der Waals surface area contributed by atoms with Crippen LogP contribution in [-0.2, 0) is 9.53 Å². The third kappa shape index (κ3) is 2.59. The Morgan fingerprint density at radius 3 is 2.60 bits per heavy atom. The molecule has 0 amide bonds. The highest BCUT2D eigenvalue weighted by molar-refractivity contribution is 5.90. The zero-order valence-corrected chi connectivity index (χ0v) is 11.8. The monoisotopic (exact) mass is 278 g/mol. The van der Waals surface area contributed by atoms with E-state index in [1.807, 2.05) is 4.90 Å². The summed E-state index contributed by atoms with van der Waals surface area (Å²) in [6.45, 7) is 4.84. The second-order valence-corrected chi connectivity index (χ2v) is 5.09. The summed E-state index contributed by atoms with van der Waals surface area (Å²) < 4.78 is 4.67. The van der Waals surface area contributed by atoms with Crippen molar-refractivity contribution in [1.82, 2.24) is 4.98 Å². The molecule has 1 atom stereocenters. The molecule has 1 aromatic rings. The van der Waals surface area contributed by atoms with Crippen LogP contribution in [0.3, 0.4) is 0 Å². The lowest BCUT2D eigenvalue weighted by atomic mass is 9.87. The van der Waals surface area contributed by atoms with E-state index in [1.165, 1.54) is 7.11 Å². The fourth-order valence-electron chi connectivity index (χ4n) is 2.27. The second kappa shape index (κ2) is 5.48. The van der Waals surface area contributed by atoms with Gasteiger partial charge < -0.3 is 14.7 Å². The number of aromatic nitrogens is 1. The van der Waals surface area contributed by atoms with Gasteiger partial charge in [0, 0.05) is 19.0 Å². The third-order valence-corrected chi connectivity index (χ3v) is 3.81. The molecule has 2 heterocycles. The van der Waals surface area contributed by atoms with Gasteiger partial charge in [-0.1, -0.05) is 6.92 Å². The number of aryl methyl sites for hydroxylation is 1. The number of carboxylic acids is 1. The minimum absolute atomic E-state index is 0.148. The molecule has 108 valence electrons. The quantitative estimate of drug-likeness (QED) is 0.837. The standard InChI is InChI=1S/C14H18N2O4/c1-8(13(17)18)10-6-16(7-10)12-5-4-11(9(2)15-12)14(19)20-3/h4-5,8,10H,6-7H2,1-3H3,(H,17,18). The smallest absolute Gasteiger partial charge is 0.339 e. The molecule has 6 nitrogen and oxygen atoms in total. The summed E-state index contributed by atoms with van der Waals surface area (Å²) in [5.74, 6) is -0.595. The molecule has 1 unspecified atom stereocenters. The van der Waals surface area contributed by atoms with Crippen LogP contribution in [0.2, 0.25) is 0 Å². The Balaban J connectivity index is 2.04. The molecule has 1 saturated heterocycles. The van der Waals surface area contributed by atoms with Gasteiger partial charge >= 0.3 is 11.9 Å². The number of rotatable bonds is 4. The van der Waals surface area contributed by atoms with Crippen molar-refractivity contribution in [3.8, 4) is 0 Å². The normalized spacial score (nSPS) is 16.4. The molecule has 0 aliphatic carbocycles. The molecule has 0 saturated carbocycles. The van der Waals surface area contributed by atoms with E-state index < -0.39 is 11.9 Å². The lowest BCUT2D eigenvalue weighted by molar-refractivity contribution is -0.143. The first-order chi connectivity index (χ1) is 9.43. The summed E-state index contributed by atoms with van der Waals surface area (Å²) in [5, 5.41) is 8.96. The van der Waals surface area contributed by atoms with Crippen LogP contribution in [0, 0.1) is 18.8 Å². The first-order valence-electron chi connectivity index (χ1n) is 6.47. The van der Waals surface area contributed by atoms with Crippen molar-refractivity contribution in [3.63, 3.8) is 0 Å². The average molecular weight is 278 g/mol. The topological polar surface area (TPSA) is 79.7 Å². The molecule has 1 aliphatic heterocycles. The van der Waals surface area contributed by atoms with Crippen molar-refractivity contribution in [3.05, 3.63) is 23.4 Å². The van der Waals surface area contributed by atoms with Crippen molar-refractivity contribution in [1.29, 1.82) is 0 Å². The number of hydrogen-bond donors (Lipinski definition) is 1. The Bertz CT molecular complexity index is 538. The van der Waals surface area contributed by atoms with Gasteiger partial charge in [-0.2, -0.15) is 0 Å². The van der Waals surface area contributed by atoms with Gasteiger partial charge in [0.2, 0.25) is 0 Å². The van der Waals surface area contributed by atoms with Crippen LogP contribution in [0.4, 0.5) is 5.82 Å². The van der Waals surface area contributed by atoms with Crippen LogP contribution in [0.15, 0.2) is 12.1 Å². The predicted octanol–water partition coefficient (Wildman–Crippen LogP) is 1.33. The Morgan fingerprint density at radius 2 is 2.10 bits per heavy atom. The molecule has 2 rings (SSSR count). The molecule has 1 aromatic heterocycles. The van der Waals surface area contributed by atoms with Crippen molar-refractivity contribution < 1.29 is 19.4 Å². The van der Waals surface area contributed by atoms with Gasteiger partial charge in [-0.3, -0.25) is 4.79 Å². The van der Waals surface area contributed by atoms with Gasteiger partial charge in [0.05, 0.1) is 24.3 Å². The van der Waals surface area contributed by atoms with E-state index in [9.17, 15) is 9.59 Å². The molecule has 1 aliphatic rings. The second-order valence-electron chi connectivity index (χ2n) is 5.09. The maximum Gasteiger partial charge on any atom is 0.339 e. The van der Waals surface area contributed by atoms with Gasteiger partial charge in [0.25, 0.3) is 0 Å². The first kappa shape index (κ1) is 14.3. The van der Waals surface area contributed by atoms with E-state index in [0.29, 0.717) is 24.3 Å². The van der Waals surface area contributed by atoms with Gasteiger partial charge in [-0.15, -0.1) is 0 Å². The van der Waals surface area contributed by atoms with E-state index in [-0.39, 0.29) is 11.8 Å². The number of methoxy groups -OCH3 is 1. The van der Waals surface area contributed by atoms with Gasteiger partial charge in [0.15, 0.2) is 0 Å². The maximum absolute atomic E-state index is 11.5. The number of ether oxygens (including phenoxy) is 1. The zero-order chi connectivity index (χ0) is 14.9. The predicted molar refractivity (Wildman–Crippen MR) is 72.8 cm³/mol. The van der Waals surface area contributed by atoms with E-state index >= 15 is 0 Å². The Hall–Kier alpha value is -2.11. The SMILES string of the molecule is COC(=O)c1ccc(N2CC(C(C)C(=O)O)C2)nc1C. The molecule has 0 aromatic carbocycles. The fourth-order valence-corrected chi connectivity index (χ4v) is 2.27. The Labute approximate surface area is 117 Å². The molecule has 6 heteroatoms. The molecular formula is C14H18N2O4. The Kier molecular flexibility index (Phi) is 3.92. The Morgan fingerprint density at radius 1 is 1.45 bits per heavy atom. The van der Waals surface area contributed by atoms with E-state index in [1.54, 1.807) is 26.0 Å². The number of aliphatic carboxylic acids is 1. The number of esters is 1. The molecular weight excluding hydrogens is 260 g/mol. The average Bonchev–Trinajstić information content (AvgIpc) is 2.36. The number of pyridine rings is 1. The molecule has 20 heavy (non-hydrogen) atoms. The summed E-state index contributed by atoms with van der Waals surface area (Å²) in [6, 6.07) is 3.46. The van der Waals surface area contributed by atoms with Crippen LogP contribution in [-0.4, -0.2) is 42.2 Å².